The van der Waals surface area contributed by atoms with Crippen LogP contribution in [0, 0.1) is 0 Å². The Kier molecular flexibility index (Phi) is 7.31. The van der Waals surface area contributed by atoms with Gasteiger partial charge in [0.05, 0.1) is 12.3 Å². The van der Waals surface area contributed by atoms with Gasteiger partial charge in [0.2, 0.25) is 0 Å². The first-order valence-electron chi connectivity index (χ1n) is 8.37. The van der Waals surface area contributed by atoms with Gasteiger partial charge in [-0.15, -0.1) is 5.10 Å². The number of hydrogen-bond acceptors (Lipinski definition) is 5. The molecule has 1 aromatic carbocycles. The van der Waals surface area contributed by atoms with Gasteiger partial charge in [-0.25, -0.2) is 10.2 Å². The number of carbonyl (C=O) groups is 1. The molecular formula is C18H23N5O2S. The highest BCUT2D eigenvalue weighted by Crippen LogP contribution is 2.20. The Morgan fingerprint density at radius 2 is 2.04 bits per heavy atom. The zero-order valence-electron chi connectivity index (χ0n) is 15.1. The molecule has 0 spiro atoms. The van der Waals surface area contributed by atoms with Gasteiger partial charge in [0, 0.05) is 11.6 Å². The van der Waals surface area contributed by atoms with E-state index in [-0.39, 0.29) is 11.0 Å². The van der Waals surface area contributed by atoms with Crippen LogP contribution in [0.4, 0.5) is 11.6 Å². The summed E-state index contributed by atoms with van der Waals surface area (Å²) in [5.74, 6) is 0.887. The van der Waals surface area contributed by atoms with E-state index in [0.29, 0.717) is 23.8 Å². The summed E-state index contributed by atoms with van der Waals surface area (Å²) in [5.41, 5.74) is 4.22. The summed E-state index contributed by atoms with van der Waals surface area (Å²) < 4.78 is 1.68. The van der Waals surface area contributed by atoms with Gasteiger partial charge >= 0.3 is 0 Å². The van der Waals surface area contributed by atoms with Gasteiger partial charge < -0.3 is 5.32 Å². The largest absolute Gasteiger partial charge is 0.317 e. The second-order valence-electron chi connectivity index (χ2n) is 5.40. The lowest BCUT2D eigenvalue weighted by atomic mass is 10.2. The van der Waals surface area contributed by atoms with E-state index in [4.69, 9.17) is 17.1 Å². The van der Waals surface area contributed by atoms with Crippen LogP contribution in [0.5, 0.6) is 0 Å². The molecule has 0 saturated heterocycles. The lowest BCUT2D eigenvalue weighted by Gasteiger charge is -2.11. The van der Waals surface area contributed by atoms with Crippen LogP contribution in [-0.4, -0.2) is 27.4 Å². The summed E-state index contributed by atoms with van der Waals surface area (Å²) in [6, 6.07) is 11.3. The molecule has 138 valence electrons. The number of hydrogen-bond donors (Lipinski definition) is 3. The van der Waals surface area contributed by atoms with Gasteiger partial charge in [-0.2, -0.15) is 0 Å². The third-order valence-electron chi connectivity index (χ3n) is 3.37. The zero-order valence-corrected chi connectivity index (χ0v) is 15.9. The summed E-state index contributed by atoms with van der Waals surface area (Å²) in [6.45, 7) is 6.09. The van der Waals surface area contributed by atoms with E-state index in [2.05, 4.69) is 21.2 Å². The molecule has 8 heteroatoms. The fraction of sp³-hybridized carbons (Fsp3) is 0.278. The first-order chi connectivity index (χ1) is 12.5. The molecular weight excluding hydrogens is 350 g/mol. The molecule has 1 amide bonds. The van der Waals surface area contributed by atoms with E-state index in [1.54, 1.807) is 17.7 Å². The minimum absolute atomic E-state index is 0.193. The van der Waals surface area contributed by atoms with Crippen LogP contribution < -0.4 is 16.1 Å². The highest BCUT2D eigenvalue weighted by Gasteiger charge is 2.13. The monoisotopic (exact) mass is 373 g/mol. The van der Waals surface area contributed by atoms with Gasteiger partial charge in [0.25, 0.3) is 5.91 Å². The van der Waals surface area contributed by atoms with Crippen molar-refractivity contribution in [2.45, 2.75) is 27.2 Å². The second kappa shape index (κ2) is 9.69. The fourth-order valence-electron chi connectivity index (χ4n) is 2.18. The fourth-order valence-corrected chi connectivity index (χ4v) is 2.38. The standard InChI is InChI=1S/C18H23N5O2S/c1-4-9-13(3)17(24)20-18(26)19-16-12-15(22-25-5-2)21-23(16)14-10-7-6-8-11-14/h6-12H,4-5H2,1-3H3,(H,21,22)(H2,19,20,24,26)/b13-9+. The summed E-state index contributed by atoms with van der Waals surface area (Å²) in [4.78, 5) is 17.3. The van der Waals surface area contributed by atoms with Crippen LogP contribution in [-0.2, 0) is 9.63 Å². The van der Waals surface area contributed by atoms with E-state index in [0.717, 1.165) is 12.1 Å². The van der Waals surface area contributed by atoms with Crippen LogP contribution in [0.25, 0.3) is 5.69 Å². The van der Waals surface area contributed by atoms with Gasteiger partial charge in [0.15, 0.2) is 10.9 Å². The van der Waals surface area contributed by atoms with Crippen molar-refractivity contribution in [2.24, 2.45) is 0 Å². The SMILES string of the molecule is CC/C=C(\C)C(=O)NC(=S)Nc1cc(NOCC)nn1-c1ccccc1. The minimum atomic E-state index is -0.234. The lowest BCUT2D eigenvalue weighted by Crippen LogP contribution is -2.35. The predicted octanol–water partition coefficient (Wildman–Crippen LogP) is 3.41. The first kappa shape index (κ1) is 19.6. The van der Waals surface area contributed by atoms with Crippen molar-refractivity contribution in [2.75, 3.05) is 17.4 Å². The van der Waals surface area contributed by atoms with Crippen LogP contribution in [0.3, 0.4) is 0 Å². The summed E-state index contributed by atoms with van der Waals surface area (Å²) in [7, 11) is 0. The number of amides is 1. The van der Waals surface area contributed by atoms with Crippen LogP contribution in [0.15, 0.2) is 48.0 Å². The number of para-hydroxylation sites is 1. The van der Waals surface area contributed by atoms with Crippen molar-refractivity contribution in [1.29, 1.82) is 0 Å². The molecule has 0 fully saturated rings. The van der Waals surface area contributed by atoms with E-state index in [1.807, 2.05) is 50.3 Å². The number of carbonyl (C=O) groups excluding carboxylic acids is 1. The molecule has 0 bridgehead atoms. The highest BCUT2D eigenvalue weighted by atomic mass is 32.1. The zero-order chi connectivity index (χ0) is 18.9. The Morgan fingerprint density at radius 1 is 1.31 bits per heavy atom. The maximum absolute atomic E-state index is 12.1. The molecule has 3 N–H and O–H groups in total. The maximum Gasteiger partial charge on any atom is 0.252 e. The second-order valence-corrected chi connectivity index (χ2v) is 5.81. The summed E-state index contributed by atoms with van der Waals surface area (Å²) >= 11 is 5.26. The predicted molar refractivity (Wildman–Crippen MR) is 107 cm³/mol. The molecule has 2 rings (SSSR count). The van der Waals surface area contributed by atoms with Crippen molar-refractivity contribution in [1.82, 2.24) is 15.1 Å². The molecule has 0 aliphatic carbocycles. The first-order valence-corrected chi connectivity index (χ1v) is 8.78. The molecule has 26 heavy (non-hydrogen) atoms. The van der Waals surface area contributed by atoms with Crippen molar-refractivity contribution in [3.63, 3.8) is 0 Å². The number of nitrogens with one attached hydrogen (secondary N) is 3. The van der Waals surface area contributed by atoms with Crippen molar-refractivity contribution in [3.8, 4) is 5.69 Å². The van der Waals surface area contributed by atoms with Crippen LogP contribution in [0.2, 0.25) is 0 Å². The molecule has 1 heterocycles. The molecule has 0 atom stereocenters. The average Bonchev–Trinajstić information content (AvgIpc) is 3.03. The van der Waals surface area contributed by atoms with E-state index < -0.39 is 0 Å². The third-order valence-corrected chi connectivity index (χ3v) is 3.57. The number of thiocarbonyl (C=S) groups is 1. The summed E-state index contributed by atoms with van der Waals surface area (Å²) in [5, 5.41) is 10.3. The van der Waals surface area contributed by atoms with Crippen molar-refractivity contribution < 1.29 is 9.63 Å². The molecule has 0 radical (unpaired) electrons. The van der Waals surface area contributed by atoms with E-state index in [1.165, 1.54) is 0 Å². The molecule has 0 saturated carbocycles. The number of aromatic nitrogens is 2. The topological polar surface area (TPSA) is 80.2 Å². The average molecular weight is 373 g/mol. The quantitative estimate of drug-likeness (QED) is 0.392. The Bertz CT molecular complexity index is 786. The van der Waals surface area contributed by atoms with Crippen molar-refractivity contribution in [3.05, 3.63) is 48.0 Å². The van der Waals surface area contributed by atoms with E-state index in [9.17, 15) is 4.79 Å². The van der Waals surface area contributed by atoms with Crippen LogP contribution >= 0.6 is 12.2 Å². The molecule has 0 aliphatic heterocycles. The van der Waals surface area contributed by atoms with Crippen molar-refractivity contribution >= 4 is 34.9 Å². The number of rotatable bonds is 7. The molecule has 0 aliphatic rings. The number of anilines is 2. The maximum atomic E-state index is 12.1. The highest BCUT2D eigenvalue weighted by molar-refractivity contribution is 7.80. The molecule has 1 aromatic heterocycles. The molecule has 0 unspecified atom stereocenters. The Labute approximate surface area is 158 Å². The molecule has 7 nitrogen and oxygen atoms in total. The minimum Gasteiger partial charge on any atom is -0.317 e. The van der Waals surface area contributed by atoms with Gasteiger partial charge in [0.1, 0.15) is 5.82 Å². The lowest BCUT2D eigenvalue weighted by molar-refractivity contribution is -0.116. The number of nitrogens with zero attached hydrogens (tertiary/aromatic N) is 2. The summed E-state index contributed by atoms with van der Waals surface area (Å²) in [6.07, 6.45) is 2.63. The third kappa shape index (κ3) is 5.40. The van der Waals surface area contributed by atoms with Gasteiger partial charge in [-0.1, -0.05) is 31.2 Å². The Morgan fingerprint density at radius 3 is 2.69 bits per heavy atom. The smallest absolute Gasteiger partial charge is 0.252 e. The normalized spacial score (nSPS) is 11.1. The number of allylic oxidation sites excluding steroid dienone is 1. The van der Waals surface area contributed by atoms with Crippen LogP contribution in [0.1, 0.15) is 27.2 Å². The Balaban J connectivity index is 2.19. The number of benzene rings is 1. The molecule has 2 aromatic rings. The van der Waals surface area contributed by atoms with Gasteiger partial charge in [-0.05, 0) is 44.6 Å². The van der Waals surface area contributed by atoms with E-state index >= 15 is 0 Å². The van der Waals surface area contributed by atoms with Gasteiger partial charge in [-0.3, -0.25) is 14.9 Å². The Hall–Kier alpha value is -2.71.